The first-order valence-corrected chi connectivity index (χ1v) is 12.3. The van der Waals surface area contributed by atoms with Crippen LogP contribution in [0, 0.1) is 24.7 Å². The minimum Gasteiger partial charge on any atom is -0.454 e. The van der Waals surface area contributed by atoms with Crippen LogP contribution in [0.5, 0.6) is 11.5 Å². The first-order valence-electron chi connectivity index (χ1n) is 12.3. The van der Waals surface area contributed by atoms with Crippen LogP contribution in [-0.4, -0.2) is 49.7 Å². The summed E-state index contributed by atoms with van der Waals surface area (Å²) in [5, 5.41) is 0. The number of hydrogen-bond acceptors (Lipinski definition) is 5. The lowest BCUT2D eigenvalue weighted by Crippen LogP contribution is -2.51. The van der Waals surface area contributed by atoms with E-state index in [2.05, 4.69) is 34.9 Å². The fourth-order valence-electron chi connectivity index (χ4n) is 5.75. The molecule has 1 fully saturated rings. The van der Waals surface area contributed by atoms with Gasteiger partial charge in [-0.2, -0.15) is 0 Å². The summed E-state index contributed by atoms with van der Waals surface area (Å²) < 4.78 is 24.5. The van der Waals surface area contributed by atoms with Gasteiger partial charge < -0.3 is 18.9 Å². The predicted octanol–water partition coefficient (Wildman–Crippen LogP) is 4.40. The second-order valence-electron chi connectivity index (χ2n) is 9.33. The Balaban J connectivity index is 1.42. The summed E-state index contributed by atoms with van der Waals surface area (Å²) in [6.07, 6.45) is 19.7. The molecule has 1 aliphatic carbocycles. The molecule has 1 saturated heterocycles. The van der Waals surface area contributed by atoms with Gasteiger partial charge in [-0.15, -0.1) is 24.7 Å². The van der Waals surface area contributed by atoms with Crippen LogP contribution in [-0.2, 0) is 16.0 Å². The van der Waals surface area contributed by atoms with Crippen LogP contribution >= 0.6 is 0 Å². The quantitative estimate of drug-likeness (QED) is 0.302. The number of nitrogens with zero attached hydrogens (tertiary/aromatic N) is 1. The normalized spacial score (nSPS) is 26.8. The number of hydrogen-bond donors (Lipinski definition) is 0. The Kier molecular flexibility index (Phi) is 6.93. The van der Waals surface area contributed by atoms with Crippen molar-refractivity contribution in [2.75, 3.05) is 26.6 Å². The summed E-state index contributed by atoms with van der Waals surface area (Å²) in [5.74, 6) is 7.35. The Bertz CT molecular complexity index is 971. The first-order chi connectivity index (χ1) is 16.3. The van der Waals surface area contributed by atoms with Gasteiger partial charge in [0, 0.05) is 51.1 Å². The molecule has 5 heteroatoms. The van der Waals surface area contributed by atoms with Crippen molar-refractivity contribution in [2.45, 2.75) is 75.7 Å². The highest BCUT2D eigenvalue weighted by molar-refractivity contribution is 5.53. The molecule has 5 rings (SSSR count). The zero-order valence-corrected chi connectivity index (χ0v) is 19.3. The lowest BCUT2D eigenvalue weighted by atomic mass is 9.73. The maximum absolute atomic E-state index is 6.62. The second-order valence-corrected chi connectivity index (χ2v) is 9.33. The van der Waals surface area contributed by atoms with Gasteiger partial charge in [-0.3, -0.25) is 4.90 Å². The minimum atomic E-state index is -0.0592. The van der Waals surface area contributed by atoms with Crippen molar-refractivity contribution in [1.29, 1.82) is 0 Å². The molecular weight excluding hydrogens is 414 g/mol. The molecule has 3 aliphatic heterocycles. The number of benzene rings is 1. The zero-order chi connectivity index (χ0) is 22.6. The highest BCUT2D eigenvalue weighted by Gasteiger charge is 2.50. The van der Waals surface area contributed by atoms with E-state index in [-0.39, 0.29) is 18.1 Å². The van der Waals surface area contributed by atoms with E-state index in [9.17, 15) is 0 Å². The van der Waals surface area contributed by atoms with Gasteiger partial charge in [-0.05, 0) is 55.4 Å². The molecule has 5 nitrogen and oxygen atoms in total. The third kappa shape index (κ3) is 4.51. The third-order valence-corrected chi connectivity index (χ3v) is 7.28. The average Bonchev–Trinajstić information content (AvgIpc) is 3.45. The lowest BCUT2D eigenvalue weighted by molar-refractivity contribution is -0.0821. The van der Waals surface area contributed by atoms with Gasteiger partial charge in [0.25, 0.3) is 0 Å². The Morgan fingerprint density at radius 1 is 0.970 bits per heavy atom. The highest BCUT2D eigenvalue weighted by Crippen LogP contribution is 2.50. The molecule has 1 aromatic rings. The van der Waals surface area contributed by atoms with Crippen LogP contribution in [0.25, 0.3) is 0 Å². The van der Waals surface area contributed by atoms with E-state index in [4.69, 9.17) is 31.8 Å². The highest BCUT2D eigenvalue weighted by atomic mass is 16.7. The molecule has 0 radical (unpaired) electrons. The molecule has 0 aromatic heterocycles. The summed E-state index contributed by atoms with van der Waals surface area (Å²) in [6.45, 7) is 3.69. The van der Waals surface area contributed by atoms with Crippen molar-refractivity contribution < 1.29 is 18.9 Å². The van der Waals surface area contributed by atoms with Crippen LogP contribution in [0.2, 0.25) is 0 Å². The molecule has 0 saturated carbocycles. The molecule has 1 aromatic carbocycles. The molecule has 0 bridgehead atoms. The monoisotopic (exact) mass is 447 g/mol. The SMILES string of the molecule is C#CCCCCO[C@H]1[C@H]2c3cc4c(cc3CN3CCC(=C[C@@H]1OCCCCC#C)[C@H]23)OCO4. The van der Waals surface area contributed by atoms with E-state index >= 15 is 0 Å². The van der Waals surface area contributed by atoms with Crippen molar-refractivity contribution in [2.24, 2.45) is 0 Å². The molecule has 4 atom stereocenters. The Morgan fingerprint density at radius 3 is 2.45 bits per heavy atom. The van der Waals surface area contributed by atoms with Crippen molar-refractivity contribution in [3.8, 4) is 36.2 Å². The van der Waals surface area contributed by atoms with Crippen molar-refractivity contribution in [3.63, 3.8) is 0 Å². The molecule has 174 valence electrons. The van der Waals surface area contributed by atoms with Crippen molar-refractivity contribution in [1.82, 2.24) is 4.90 Å². The number of fused-ring (bicyclic) bond motifs is 3. The number of terminal acetylenes is 2. The van der Waals surface area contributed by atoms with Crippen LogP contribution in [0.3, 0.4) is 0 Å². The number of unbranched alkanes of at least 4 members (excludes halogenated alkanes) is 4. The van der Waals surface area contributed by atoms with Gasteiger partial charge in [0.15, 0.2) is 11.5 Å². The lowest BCUT2D eigenvalue weighted by Gasteiger charge is -2.47. The van der Waals surface area contributed by atoms with E-state index in [1.807, 2.05) is 0 Å². The van der Waals surface area contributed by atoms with E-state index in [1.54, 1.807) is 0 Å². The smallest absolute Gasteiger partial charge is 0.231 e. The van der Waals surface area contributed by atoms with Crippen molar-refractivity contribution >= 4 is 0 Å². The fraction of sp³-hybridized carbons (Fsp3) is 0.571. The Labute approximate surface area is 197 Å². The standard InChI is InChI=1S/C28H33NO4/c1-3-5-7-9-13-30-25-15-20-11-12-29-18-21-16-23-24(33-19-32-23)17-22(21)26(27(20)29)28(25)31-14-10-8-6-4-2/h1-2,15-17,25-28H,5-14,18-19H2/t25-,26-,27+,28+/m0/s1. The summed E-state index contributed by atoms with van der Waals surface area (Å²) >= 11 is 0. The maximum atomic E-state index is 6.62. The van der Waals surface area contributed by atoms with Gasteiger partial charge in [-0.1, -0.05) is 11.6 Å². The molecule has 33 heavy (non-hydrogen) atoms. The van der Waals surface area contributed by atoms with E-state index in [0.717, 1.165) is 69.5 Å². The topological polar surface area (TPSA) is 40.2 Å². The first kappa shape index (κ1) is 22.4. The number of ether oxygens (including phenoxy) is 4. The third-order valence-electron chi connectivity index (χ3n) is 7.28. The van der Waals surface area contributed by atoms with Gasteiger partial charge >= 0.3 is 0 Å². The average molecular weight is 448 g/mol. The van der Waals surface area contributed by atoms with E-state index < -0.39 is 0 Å². The van der Waals surface area contributed by atoms with Crippen LogP contribution in [0.15, 0.2) is 23.8 Å². The van der Waals surface area contributed by atoms with Crippen molar-refractivity contribution in [3.05, 3.63) is 34.9 Å². The van der Waals surface area contributed by atoms with E-state index in [1.165, 1.54) is 16.7 Å². The Hall–Kier alpha value is -2.44. The second kappa shape index (κ2) is 10.2. The van der Waals surface area contributed by atoms with Crippen LogP contribution in [0.4, 0.5) is 0 Å². The predicted molar refractivity (Wildman–Crippen MR) is 127 cm³/mol. The van der Waals surface area contributed by atoms with Gasteiger partial charge in [0.05, 0.1) is 6.10 Å². The fourth-order valence-corrected chi connectivity index (χ4v) is 5.75. The van der Waals surface area contributed by atoms with Gasteiger partial charge in [0.2, 0.25) is 6.79 Å². The van der Waals surface area contributed by atoms with Crippen LogP contribution in [0.1, 0.15) is 62.0 Å². The van der Waals surface area contributed by atoms with Crippen LogP contribution < -0.4 is 9.47 Å². The van der Waals surface area contributed by atoms with Gasteiger partial charge in [0.1, 0.15) is 6.10 Å². The molecule has 0 spiro atoms. The van der Waals surface area contributed by atoms with E-state index in [0.29, 0.717) is 26.0 Å². The molecule has 4 aliphatic rings. The number of rotatable bonds is 10. The summed E-state index contributed by atoms with van der Waals surface area (Å²) in [4.78, 5) is 2.60. The molecule has 0 N–H and O–H groups in total. The minimum absolute atomic E-state index is 0.0442. The van der Waals surface area contributed by atoms with Gasteiger partial charge in [-0.25, -0.2) is 0 Å². The largest absolute Gasteiger partial charge is 0.454 e. The summed E-state index contributed by atoms with van der Waals surface area (Å²) in [6, 6.07) is 4.73. The molecular formula is C28H33NO4. The molecule has 0 unspecified atom stereocenters. The Morgan fingerprint density at radius 2 is 1.70 bits per heavy atom. The summed E-state index contributed by atoms with van der Waals surface area (Å²) in [5.41, 5.74) is 4.13. The molecule has 0 amide bonds. The maximum Gasteiger partial charge on any atom is 0.231 e. The summed E-state index contributed by atoms with van der Waals surface area (Å²) in [7, 11) is 0. The molecule has 3 heterocycles. The zero-order valence-electron chi connectivity index (χ0n) is 19.3.